The van der Waals surface area contributed by atoms with Gasteiger partial charge in [-0.05, 0) is 38.4 Å². The topological polar surface area (TPSA) is 93.0 Å². The molecular formula is C21H28N4O3. The van der Waals surface area contributed by atoms with Gasteiger partial charge in [0.1, 0.15) is 0 Å². The number of aliphatic hydroxyl groups is 3. The van der Waals surface area contributed by atoms with Crippen molar-refractivity contribution in [1.82, 2.24) is 19.8 Å². The van der Waals surface area contributed by atoms with Gasteiger partial charge in [0.2, 0.25) is 0 Å². The minimum atomic E-state index is -0.915. The predicted molar refractivity (Wildman–Crippen MR) is 104 cm³/mol. The summed E-state index contributed by atoms with van der Waals surface area (Å²) in [7, 11) is 3.95. The van der Waals surface area contributed by atoms with Gasteiger partial charge < -0.3 is 20.2 Å². The molecule has 28 heavy (non-hydrogen) atoms. The van der Waals surface area contributed by atoms with Crippen LogP contribution in [-0.2, 0) is 0 Å². The zero-order chi connectivity index (χ0) is 19.9. The van der Waals surface area contributed by atoms with Crippen LogP contribution >= 0.6 is 0 Å². The molecule has 0 unspecified atom stereocenters. The molecule has 2 aromatic rings. The summed E-state index contributed by atoms with van der Waals surface area (Å²) < 4.78 is 0. The van der Waals surface area contributed by atoms with Crippen molar-refractivity contribution in [2.75, 3.05) is 40.4 Å². The number of likely N-dealkylation sites (tertiary alicyclic amines) is 2. The quantitative estimate of drug-likeness (QED) is 0.706. The average molecular weight is 384 g/mol. The minimum Gasteiger partial charge on any atom is -0.396 e. The molecule has 2 aliphatic rings. The zero-order valence-corrected chi connectivity index (χ0v) is 16.3. The van der Waals surface area contributed by atoms with Crippen LogP contribution in [0.1, 0.15) is 23.5 Å². The Labute approximate surface area is 165 Å². The number of piperidine rings is 2. The molecule has 2 bridgehead atoms. The highest BCUT2D eigenvalue weighted by Crippen LogP contribution is 2.60. The molecule has 0 radical (unpaired) electrons. The van der Waals surface area contributed by atoms with E-state index in [1.54, 1.807) is 12.4 Å². The Kier molecular flexibility index (Phi) is 4.97. The highest BCUT2D eigenvalue weighted by Gasteiger charge is 2.67. The van der Waals surface area contributed by atoms with Crippen molar-refractivity contribution in [3.05, 3.63) is 60.2 Å². The van der Waals surface area contributed by atoms with Crippen LogP contribution in [0.25, 0.3) is 0 Å². The van der Waals surface area contributed by atoms with Crippen LogP contribution in [0.15, 0.2) is 48.8 Å². The fourth-order valence-electron chi connectivity index (χ4n) is 5.77. The van der Waals surface area contributed by atoms with Gasteiger partial charge in [-0.1, -0.05) is 12.1 Å². The fraction of sp³-hybridized carbons (Fsp3) is 0.524. The average Bonchev–Trinajstić information content (AvgIpc) is 2.72. The first-order valence-electron chi connectivity index (χ1n) is 9.62. The first-order valence-corrected chi connectivity index (χ1v) is 9.62. The van der Waals surface area contributed by atoms with Gasteiger partial charge in [0.15, 0.2) is 0 Å². The summed E-state index contributed by atoms with van der Waals surface area (Å²) in [6.45, 7) is 0.599. The Morgan fingerprint density at radius 1 is 0.893 bits per heavy atom. The second-order valence-electron chi connectivity index (χ2n) is 8.34. The van der Waals surface area contributed by atoms with E-state index in [0.717, 1.165) is 11.4 Å². The summed E-state index contributed by atoms with van der Waals surface area (Å²) >= 11 is 0. The molecule has 150 valence electrons. The van der Waals surface area contributed by atoms with E-state index in [4.69, 9.17) is 0 Å². The third-order valence-corrected chi connectivity index (χ3v) is 6.65. The van der Waals surface area contributed by atoms with Crippen LogP contribution in [0.4, 0.5) is 0 Å². The van der Waals surface area contributed by atoms with Crippen molar-refractivity contribution >= 4 is 0 Å². The van der Waals surface area contributed by atoms with E-state index in [1.807, 2.05) is 50.5 Å². The number of fused-ring (bicyclic) bond motifs is 2. The highest BCUT2D eigenvalue weighted by atomic mass is 16.3. The highest BCUT2D eigenvalue weighted by molar-refractivity contribution is 5.28. The van der Waals surface area contributed by atoms with E-state index in [-0.39, 0.29) is 25.3 Å². The van der Waals surface area contributed by atoms with E-state index < -0.39 is 16.9 Å². The van der Waals surface area contributed by atoms with Crippen molar-refractivity contribution < 1.29 is 15.3 Å². The number of rotatable bonds is 4. The number of aliphatic hydroxyl groups excluding tert-OH is 3. The summed E-state index contributed by atoms with van der Waals surface area (Å²) in [6, 6.07) is 10.8. The van der Waals surface area contributed by atoms with E-state index in [1.165, 1.54) is 0 Å². The molecule has 7 heteroatoms. The summed E-state index contributed by atoms with van der Waals surface area (Å²) in [6.07, 6.45) is 2.55. The van der Waals surface area contributed by atoms with Crippen molar-refractivity contribution in [2.24, 2.45) is 10.8 Å². The van der Waals surface area contributed by atoms with E-state index >= 15 is 0 Å². The molecule has 2 aromatic heterocycles. The van der Waals surface area contributed by atoms with Crippen LogP contribution < -0.4 is 0 Å². The maximum absolute atomic E-state index is 11.7. The van der Waals surface area contributed by atoms with Crippen molar-refractivity contribution in [2.45, 2.75) is 18.2 Å². The standard InChI is InChI=1S/C21H28N4O3/c1-24-11-20(13-26)17(15-7-3-5-9-22-15)25(2)18(16-8-4-6-10-23-16)21(12-24,14-27)19(20)28/h3-10,17-19,26-28H,11-14H2,1-2H3/t17-,18-,20+,21+/m1/s1. The summed E-state index contributed by atoms with van der Waals surface area (Å²) in [5.74, 6) is 0. The Hall–Kier alpha value is -1.90. The summed E-state index contributed by atoms with van der Waals surface area (Å²) in [5.41, 5.74) is -0.157. The van der Waals surface area contributed by atoms with Gasteiger partial charge in [0, 0.05) is 25.5 Å². The minimum absolute atomic E-state index is 0.208. The zero-order valence-electron chi connectivity index (χ0n) is 16.3. The molecule has 4 rings (SSSR count). The third-order valence-electron chi connectivity index (χ3n) is 6.65. The monoisotopic (exact) mass is 384 g/mol. The smallest absolute Gasteiger partial charge is 0.0759 e. The number of hydrogen-bond donors (Lipinski definition) is 3. The number of aromatic nitrogens is 2. The lowest BCUT2D eigenvalue weighted by atomic mass is 9.54. The molecule has 7 nitrogen and oxygen atoms in total. The Morgan fingerprint density at radius 3 is 1.71 bits per heavy atom. The molecule has 0 amide bonds. The number of nitrogens with zero attached hydrogens (tertiary/aromatic N) is 4. The van der Waals surface area contributed by atoms with Gasteiger partial charge in [0.05, 0.1) is 53.6 Å². The fourth-order valence-corrected chi connectivity index (χ4v) is 5.77. The van der Waals surface area contributed by atoms with Gasteiger partial charge in [-0.25, -0.2) is 0 Å². The molecular weight excluding hydrogens is 356 g/mol. The molecule has 2 saturated heterocycles. The normalized spacial score (nSPS) is 36.4. The first kappa shape index (κ1) is 19.4. The van der Waals surface area contributed by atoms with Gasteiger partial charge in [-0.3, -0.25) is 14.9 Å². The van der Waals surface area contributed by atoms with Gasteiger partial charge in [-0.15, -0.1) is 0 Å². The second kappa shape index (κ2) is 7.17. The van der Waals surface area contributed by atoms with Crippen LogP contribution in [-0.4, -0.2) is 81.6 Å². The molecule has 0 aliphatic carbocycles. The third kappa shape index (κ3) is 2.62. The van der Waals surface area contributed by atoms with E-state index in [2.05, 4.69) is 19.8 Å². The molecule has 4 atom stereocenters. The van der Waals surface area contributed by atoms with Crippen LogP contribution in [0.5, 0.6) is 0 Å². The summed E-state index contributed by atoms with van der Waals surface area (Å²) in [5, 5.41) is 32.8. The van der Waals surface area contributed by atoms with Crippen molar-refractivity contribution in [3.8, 4) is 0 Å². The Balaban J connectivity index is 1.96. The lowest BCUT2D eigenvalue weighted by Crippen LogP contribution is -2.74. The molecule has 2 aliphatic heterocycles. The van der Waals surface area contributed by atoms with Gasteiger partial charge in [0.25, 0.3) is 0 Å². The molecule has 0 spiro atoms. The summed E-state index contributed by atoms with van der Waals surface area (Å²) in [4.78, 5) is 13.4. The van der Waals surface area contributed by atoms with Crippen LogP contribution in [0.3, 0.4) is 0 Å². The molecule has 0 aromatic carbocycles. The molecule has 3 N–H and O–H groups in total. The largest absolute Gasteiger partial charge is 0.396 e. The maximum Gasteiger partial charge on any atom is 0.0759 e. The van der Waals surface area contributed by atoms with Crippen molar-refractivity contribution in [1.29, 1.82) is 0 Å². The van der Waals surface area contributed by atoms with Crippen molar-refractivity contribution in [3.63, 3.8) is 0 Å². The van der Waals surface area contributed by atoms with E-state index in [0.29, 0.717) is 13.1 Å². The second-order valence-corrected chi connectivity index (χ2v) is 8.34. The Bertz CT molecular complexity index is 742. The maximum atomic E-state index is 11.7. The molecule has 2 fully saturated rings. The Morgan fingerprint density at radius 2 is 1.36 bits per heavy atom. The van der Waals surface area contributed by atoms with Crippen LogP contribution in [0.2, 0.25) is 0 Å². The molecule has 4 heterocycles. The lowest BCUT2D eigenvalue weighted by Gasteiger charge is -2.66. The first-order chi connectivity index (χ1) is 13.5. The molecule has 0 saturated carbocycles. The van der Waals surface area contributed by atoms with Gasteiger partial charge in [-0.2, -0.15) is 0 Å². The van der Waals surface area contributed by atoms with E-state index in [9.17, 15) is 15.3 Å². The van der Waals surface area contributed by atoms with Crippen LogP contribution in [0, 0.1) is 10.8 Å². The lowest BCUT2D eigenvalue weighted by molar-refractivity contribution is -0.257. The number of pyridine rings is 2. The van der Waals surface area contributed by atoms with Gasteiger partial charge >= 0.3 is 0 Å². The SMILES string of the molecule is CN1C[C@@]2(CO)C(O)[C@](CO)(C1)[C@@H](c1ccccn1)N(C)[C@@H]2c1ccccn1. The number of hydrogen-bond acceptors (Lipinski definition) is 7. The predicted octanol–water partition coefficient (Wildman–Crippen LogP) is 0.468.